The summed E-state index contributed by atoms with van der Waals surface area (Å²) in [6, 6.07) is 4.35. The smallest absolute Gasteiger partial charge is 0.240 e. The molecule has 1 amide bonds. The number of carbonyl (C=O) groups is 1. The Morgan fingerprint density at radius 2 is 1.86 bits per heavy atom. The van der Waals surface area contributed by atoms with Gasteiger partial charge in [0, 0.05) is 22.1 Å². The number of carbonyl (C=O) groups excluding carboxylic acids is 1. The number of hydrogen-bond donors (Lipinski definition) is 3. The third-order valence-corrected chi connectivity index (χ3v) is 5.97. The molecule has 0 spiro atoms. The van der Waals surface area contributed by atoms with Crippen molar-refractivity contribution < 1.29 is 13.2 Å². The first-order valence-electron chi connectivity index (χ1n) is 6.66. The van der Waals surface area contributed by atoms with Crippen LogP contribution in [-0.2, 0) is 14.8 Å². The van der Waals surface area contributed by atoms with Crippen LogP contribution < -0.4 is 16.2 Å². The van der Waals surface area contributed by atoms with Crippen molar-refractivity contribution in [1.82, 2.24) is 4.72 Å². The molecule has 8 heteroatoms. The van der Waals surface area contributed by atoms with Crippen molar-refractivity contribution in [3.05, 3.63) is 22.7 Å². The van der Waals surface area contributed by atoms with E-state index in [4.69, 9.17) is 11.5 Å². The molecule has 1 saturated carbocycles. The average molecular weight is 376 g/mol. The van der Waals surface area contributed by atoms with E-state index < -0.39 is 10.0 Å². The Kier molecular flexibility index (Phi) is 4.90. The van der Waals surface area contributed by atoms with E-state index in [1.54, 1.807) is 6.07 Å². The van der Waals surface area contributed by atoms with Gasteiger partial charge in [-0.15, -0.1) is 0 Å². The van der Waals surface area contributed by atoms with Crippen molar-refractivity contribution in [2.24, 2.45) is 11.7 Å². The van der Waals surface area contributed by atoms with Gasteiger partial charge in [0.2, 0.25) is 15.9 Å². The van der Waals surface area contributed by atoms with E-state index in [0.717, 1.165) is 0 Å². The maximum absolute atomic E-state index is 12.3. The Morgan fingerprint density at radius 3 is 2.38 bits per heavy atom. The van der Waals surface area contributed by atoms with Crippen molar-refractivity contribution in [1.29, 1.82) is 0 Å². The molecule has 0 atom stereocenters. The summed E-state index contributed by atoms with van der Waals surface area (Å²) in [6.07, 6.45) is 2.45. The van der Waals surface area contributed by atoms with Gasteiger partial charge in [-0.05, 0) is 59.8 Å². The van der Waals surface area contributed by atoms with Gasteiger partial charge in [-0.25, -0.2) is 13.1 Å². The molecule has 1 aliphatic carbocycles. The molecule has 1 aromatic rings. The highest BCUT2D eigenvalue weighted by Crippen LogP contribution is 2.26. The van der Waals surface area contributed by atoms with Gasteiger partial charge in [-0.1, -0.05) is 0 Å². The summed E-state index contributed by atoms with van der Waals surface area (Å²) >= 11 is 3.23. The summed E-state index contributed by atoms with van der Waals surface area (Å²) < 4.78 is 27.9. The molecule has 21 heavy (non-hydrogen) atoms. The van der Waals surface area contributed by atoms with Gasteiger partial charge in [0.1, 0.15) is 0 Å². The molecule has 0 saturated heterocycles. The molecule has 1 aliphatic rings. The second kappa shape index (κ2) is 6.33. The Labute approximate surface area is 132 Å². The van der Waals surface area contributed by atoms with Crippen molar-refractivity contribution in [3.63, 3.8) is 0 Å². The number of nitrogens with two attached hydrogens (primary N) is 2. The number of nitrogen functional groups attached to an aromatic ring is 1. The predicted molar refractivity (Wildman–Crippen MR) is 83.8 cm³/mol. The van der Waals surface area contributed by atoms with Crippen LogP contribution in [0.15, 0.2) is 27.6 Å². The summed E-state index contributed by atoms with van der Waals surface area (Å²) in [5.74, 6) is -0.453. The van der Waals surface area contributed by atoms with Crippen LogP contribution >= 0.6 is 15.9 Å². The summed E-state index contributed by atoms with van der Waals surface area (Å²) in [4.78, 5) is 11.2. The van der Waals surface area contributed by atoms with Gasteiger partial charge in [0.05, 0.1) is 4.90 Å². The minimum Gasteiger partial charge on any atom is -0.398 e. The number of halogens is 1. The van der Waals surface area contributed by atoms with Crippen LogP contribution in [0.25, 0.3) is 0 Å². The number of benzene rings is 1. The van der Waals surface area contributed by atoms with Gasteiger partial charge in [0.15, 0.2) is 0 Å². The van der Waals surface area contributed by atoms with Crippen molar-refractivity contribution >= 4 is 37.5 Å². The lowest BCUT2D eigenvalue weighted by atomic mass is 9.86. The third kappa shape index (κ3) is 3.96. The number of primary amides is 1. The molecule has 116 valence electrons. The number of hydrogen-bond acceptors (Lipinski definition) is 4. The molecule has 0 radical (unpaired) electrons. The summed E-state index contributed by atoms with van der Waals surface area (Å²) in [5.41, 5.74) is 11.3. The van der Waals surface area contributed by atoms with Crippen molar-refractivity contribution in [2.75, 3.05) is 5.73 Å². The maximum Gasteiger partial charge on any atom is 0.240 e. The van der Waals surface area contributed by atoms with Crippen LogP contribution in [0.3, 0.4) is 0 Å². The Morgan fingerprint density at radius 1 is 1.24 bits per heavy atom. The molecule has 6 nitrogen and oxygen atoms in total. The van der Waals surface area contributed by atoms with Crippen molar-refractivity contribution in [2.45, 2.75) is 36.6 Å². The molecular weight excluding hydrogens is 358 g/mol. The molecule has 0 aliphatic heterocycles. The zero-order chi connectivity index (χ0) is 15.6. The fourth-order valence-corrected chi connectivity index (χ4v) is 4.06. The average Bonchev–Trinajstić information content (AvgIpc) is 2.42. The lowest BCUT2D eigenvalue weighted by Gasteiger charge is -2.27. The first kappa shape index (κ1) is 16.3. The lowest BCUT2D eigenvalue weighted by molar-refractivity contribution is -0.122. The highest BCUT2D eigenvalue weighted by atomic mass is 79.9. The van der Waals surface area contributed by atoms with E-state index in [1.165, 1.54) is 12.1 Å². The molecule has 1 aromatic carbocycles. The molecule has 0 aromatic heterocycles. The quantitative estimate of drug-likeness (QED) is 0.688. The Bertz CT molecular complexity index is 640. The fourth-order valence-electron chi connectivity index (χ4n) is 2.47. The summed E-state index contributed by atoms with van der Waals surface area (Å²) in [7, 11) is -3.60. The monoisotopic (exact) mass is 375 g/mol. The van der Waals surface area contributed by atoms with E-state index in [-0.39, 0.29) is 22.8 Å². The molecule has 0 unspecified atom stereocenters. The number of anilines is 1. The summed E-state index contributed by atoms with van der Waals surface area (Å²) in [5, 5.41) is 0. The number of amides is 1. The molecule has 1 fully saturated rings. The Hall–Kier alpha value is -1.12. The number of nitrogens with one attached hydrogen (secondary N) is 1. The van der Waals surface area contributed by atoms with Crippen LogP contribution in [0.5, 0.6) is 0 Å². The maximum atomic E-state index is 12.3. The van der Waals surface area contributed by atoms with Crippen LogP contribution in [0, 0.1) is 5.92 Å². The molecule has 0 heterocycles. The van der Waals surface area contributed by atoms with Crippen LogP contribution in [0.4, 0.5) is 5.69 Å². The van der Waals surface area contributed by atoms with Crippen LogP contribution in [-0.4, -0.2) is 20.4 Å². The standard InChI is InChI=1S/C13H18BrN3O3S/c14-11-6-5-10(7-12(11)15)21(19,20)17-9-3-1-8(2-4-9)13(16)18/h5-9,17H,1-4,15H2,(H2,16,18). The predicted octanol–water partition coefficient (Wildman–Crippen LogP) is 1.35. The van der Waals surface area contributed by atoms with Gasteiger partial charge in [-0.2, -0.15) is 0 Å². The first-order valence-corrected chi connectivity index (χ1v) is 8.94. The zero-order valence-electron chi connectivity index (χ0n) is 11.4. The van der Waals surface area contributed by atoms with Gasteiger partial charge in [0.25, 0.3) is 0 Å². The molecular formula is C13H18BrN3O3S. The summed E-state index contributed by atoms with van der Waals surface area (Å²) in [6.45, 7) is 0. The fraction of sp³-hybridized carbons (Fsp3) is 0.462. The van der Waals surface area contributed by atoms with E-state index in [0.29, 0.717) is 35.8 Å². The minimum absolute atomic E-state index is 0.139. The highest BCUT2D eigenvalue weighted by Gasteiger charge is 2.28. The minimum atomic E-state index is -3.60. The topological polar surface area (TPSA) is 115 Å². The highest BCUT2D eigenvalue weighted by molar-refractivity contribution is 9.10. The molecule has 5 N–H and O–H groups in total. The van der Waals surface area contributed by atoms with Crippen molar-refractivity contribution in [3.8, 4) is 0 Å². The SMILES string of the molecule is NC(=O)C1CCC(NS(=O)(=O)c2ccc(Br)c(N)c2)CC1. The second-order valence-corrected chi connectivity index (χ2v) is 7.82. The van der Waals surface area contributed by atoms with Gasteiger partial charge in [-0.3, -0.25) is 4.79 Å². The normalized spacial score (nSPS) is 22.9. The second-order valence-electron chi connectivity index (χ2n) is 5.26. The van der Waals surface area contributed by atoms with E-state index in [2.05, 4.69) is 20.7 Å². The third-order valence-electron chi connectivity index (χ3n) is 3.73. The van der Waals surface area contributed by atoms with Crippen LogP contribution in [0.1, 0.15) is 25.7 Å². The Balaban J connectivity index is 2.05. The van der Waals surface area contributed by atoms with Crippen LogP contribution in [0.2, 0.25) is 0 Å². The lowest BCUT2D eigenvalue weighted by Crippen LogP contribution is -2.39. The number of rotatable bonds is 4. The van der Waals surface area contributed by atoms with Gasteiger partial charge < -0.3 is 11.5 Å². The molecule has 2 rings (SSSR count). The van der Waals surface area contributed by atoms with E-state index in [9.17, 15) is 13.2 Å². The van der Waals surface area contributed by atoms with Gasteiger partial charge >= 0.3 is 0 Å². The van der Waals surface area contributed by atoms with E-state index >= 15 is 0 Å². The largest absolute Gasteiger partial charge is 0.398 e. The zero-order valence-corrected chi connectivity index (χ0v) is 13.8. The first-order chi connectivity index (χ1) is 9.79. The number of sulfonamides is 1. The van der Waals surface area contributed by atoms with E-state index in [1.807, 2.05) is 0 Å². The molecule has 0 bridgehead atoms.